The Morgan fingerprint density at radius 2 is 0.783 bits per heavy atom. The summed E-state index contributed by atoms with van der Waals surface area (Å²) in [5, 5.41) is 9.63. The molecule has 0 saturated carbocycles. The third kappa shape index (κ3) is 3.67. The molecule has 10 rings (SSSR count). The predicted octanol–water partition coefficient (Wildman–Crippen LogP) is 10.6. The van der Waals surface area contributed by atoms with Gasteiger partial charge < -0.3 is 0 Å². The van der Waals surface area contributed by atoms with Gasteiger partial charge in [-0.25, -0.2) is 9.97 Å². The van der Waals surface area contributed by atoms with E-state index in [0.717, 1.165) is 55.6 Å². The van der Waals surface area contributed by atoms with Crippen LogP contribution in [0.15, 0.2) is 158 Å². The molecule has 0 amide bonds. The number of hydrogen-bond donors (Lipinski definition) is 0. The summed E-state index contributed by atoms with van der Waals surface area (Å²) in [4.78, 5) is 9.74. The Morgan fingerprint density at radius 3 is 1.24 bits per heavy atom. The smallest absolute Gasteiger partial charge is 0.145 e. The van der Waals surface area contributed by atoms with Crippen molar-refractivity contribution in [1.82, 2.24) is 19.1 Å². The van der Waals surface area contributed by atoms with Crippen molar-refractivity contribution < 1.29 is 0 Å². The van der Waals surface area contributed by atoms with Crippen molar-refractivity contribution in [3.63, 3.8) is 0 Å². The predicted molar refractivity (Wildman–Crippen MR) is 191 cm³/mol. The van der Waals surface area contributed by atoms with E-state index in [1.54, 1.807) is 0 Å². The molecule has 0 bridgehead atoms. The Balaban J connectivity index is 1.17. The minimum atomic E-state index is 0.960. The molecule has 0 saturated heterocycles. The Labute approximate surface area is 264 Å². The standard InChI is InChI=1S/C42H26N4/c1-3-11-31-25-39-37(23-29(31)9-1)35-17-7-19-43-41(35)45(39)33-15-5-13-27(21-33)28-14-6-16-34(22-28)46-40-26-32-12-4-2-10-30(32)24-38(40)36-18-8-20-44-42(36)46/h1-26H. The fraction of sp³-hybridized carbons (Fsp3) is 0. The summed E-state index contributed by atoms with van der Waals surface area (Å²) in [6, 6.07) is 52.3. The van der Waals surface area contributed by atoms with Crippen LogP contribution in [0.2, 0.25) is 0 Å². The van der Waals surface area contributed by atoms with Crippen molar-refractivity contribution in [3.8, 4) is 22.5 Å². The number of aromatic nitrogens is 4. The van der Waals surface area contributed by atoms with E-state index in [1.165, 1.54) is 32.3 Å². The molecule has 0 radical (unpaired) electrons. The summed E-state index contributed by atoms with van der Waals surface area (Å²) in [6.07, 6.45) is 3.77. The molecule has 0 unspecified atom stereocenters. The second-order valence-electron chi connectivity index (χ2n) is 12.0. The first-order valence-corrected chi connectivity index (χ1v) is 15.6. The van der Waals surface area contributed by atoms with E-state index < -0.39 is 0 Å². The van der Waals surface area contributed by atoms with Crippen LogP contribution in [-0.4, -0.2) is 19.1 Å². The van der Waals surface area contributed by atoms with Gasteiger partial charge in [0.1, 0.15) is 11.3 Å². The summed E-state index contributed by atoms with van der Waals surface area (Å²) in [6.45, 7) is 0. The molecule has 10 aromatic rings. The van der Waals surface area contributed by atoms with Crippen LogP contribution in [-0.2, 0) is 0 Å². The average molecular weight is 587 g/mol. The Kier molecular flexibility index (Phi) is 5.25. The highest BCUT2D eigenvalue weighted by atomic mass is 15.1. The zero-order valence-electron chi connectivity index (χ0n) is 24.8. The summed E-state index contributed by atoms with van der Waals surface area (Å²) in [7, 11) is 0. The van der Waals surface area contributed by atoms with E-state index in [-0.39, 0.29) is 0 Å². The van der Waals surface area contributed by atoms with Gasteiger partial charge in [0.15, 0.2) is 0 Å². The lowest BCUT2D eigenvalue weighted by atomic mass is 10.0. The zero-order valence-corrected chi connectivity index (χ0v) is 24.8. The van der Waals surface area contributed by atoms with Gasteiger partial charge in [-0.15, -0.1) is 0 Å². The maximum Gasteiger partial charge on any atom is 0.145 e. The van der Waals surface area contributed by atoms with E-state index in [9.17, 15) is 0 Å². The maximum absolute atomic E-state index is 4.87. The third-order valence-electron chi connectivity index (χ3n) is 9.33. The second-order valence-corrected chi connectivity index (χ2v) is 12.0. The monoisotopic (exact) mass is 586 g/mol. The van der Waals surface area contributed by atoms with Gasteiger partial charge >= 0.3 is 0 Å². The van der Waals surface area contributed by atoms with E-state index >= 15 is 0 Å². The molecule has 0 aliphatic heterocycles. The lowest BCUT2D eigenvalue weighted by Crippen LogP contribution is -1.97. The highest BCUT2D eigenvalue weighted by Gasteiger charge is 2.17. The molecule has 0 fully saturated rings. The lowest BCUT2D eigenvalue weighted by molar-refractivity contribution is 1.13. The number of nitrogens with zero attached hydrogens (tertiary/aromatic N) is 4. The molecule has 4 nitrogen and oxygen atoms in total. The quantitative estimate of drug-likeness (QED) is 0.206. The molecular weight excluding hydrogens is 560 g/mol. The van der Waals surface area contributed by atoms with Crippen LogP contribution >= 0.6 is 0 Å². The van der Waals surface area contributed by atoms with Crippen LogP contribution in [0.3, 0.4) is 0 Å². The van der Waals surface area contributed by atoms with Gasteiger partial charge in [-0.2, -0.15) is 0 Å². The number of pyridine rings is 2. The number of hydrogen-bond acceptors (Lipinski definition) is 2. The molecule has 4 heteroatoms. The number of fused-ring (bicyclic) bond motifs is 8. The molecule has 46 heavy (non-hydrogen) atoms. The first-order valence-electron chi connectivity index (χ1n) is 15.6. The minimum absolute atomic E-state index is 0.960. The van der Waals surface area contributed by atoms with Gasteiger partial charge in [0, 0.05) is 45.3 Å². The fourth-order valence-corrected chi connectivity index (χ4v) is 7.23. The highest BCUT2D eigenvalue weighted by molar-refractivity contribution is 6.13. The molecule has 0 atom stereocenters. The van der Waals surface area contributed by atoms with Crippen LogP contribution in [0.5, 0.6) is 0 Å². The van der Waals surface area contributed by atoms with Gasteiger partial charge in [0.05, 0.1) is 11.0 Å². The largest absolute Gasteiger partial charge is 0.294 e. The third-order valence-corrected chi connectivity index (χ3v) is 9.33. The van der Waals surface area contributed by atoms with Crippen LogP contribution < -0.4 is 0 Å². The Hall–Kier alpha value is -6.26. The Bertz CT molecular complexity index is 2620. The summed E-state index contributed by atoms with van der Waals surface area (Å²) < 4.78 is 4.60. The number of rotatable bonds is 3. The zero-order chi connectivity index (χ0) is 30.2. The van der Waals surface area contributed by atoms with Gasteiger partial charge in [0.2, 0.25) is 0 Å². The minimum Gasteiger partial charge on any atom is -0.294 e. The highest BCUT2D eigenvalue weighted by Crippen LogP contribution is 2.37. The number of benzene rings is 6. The summed E-state index contributed by atoms with van der Waals surface area (Å²) in [5.41, 5.74) is 8.69. The molecule has 214 valence electrons. The van der Waals surface area contributed by atoms with Crippen molar-refractivity contribution in [2.45, 2.75) is 0 Å². The first-order chi connectivity index (χ1) is 22.8. The maximum atomic E-state index is 4.87. The van der Waals surface area contributed by atoms with Crippen molar-refractivity contribution in [2.75, 3.05) is 0 Å². The van der Waals surface area contributed by atoms with E-state index in [4.69, 9.17) is 9.97 Å². The van der Waals surface area contributed by atoms with Crippen LogP contribution in [0.1, 0.15) is 0 Å². The molecule has 0 N–H and O–H groups in total. The van der Waals surface area contributed by atoms with E-state index in [1.807, 2.05) is 24.5 Å². The van der Waals surface area contributed by atoms with Crippen LogP contribution in [0.25, 0.3) is 87.9 Å². The molecule has 6 aromatic carbocycles. The molecule has 0 spiro atoms. The van der Waals surface area contributed by atoms with Crippen molar-refractivity contribution >= 4 is 65.4 Å². The van der Waals surface area contributed by atoms with Crippen LogP contribution in [0.4, 0.5) is 0 Å². The fourth-order valence-electron chi connectivity index (χ4n) is 7.23. The second kappa shape index (κ2) is 9.62. The van der Waals surface area contributed by atoms with Crippen molar-refractivity contribution in [3.05, 3.63) is 158 Å². The Morgan fingerprint density at radius 1 is 0.348 bits per heavy atom. The molecular formula is C42H26N4. The average Bonchev–Trinajstić information content (AvgIpc) is 3.61. The summed E-state index contributed by atoms with van der Waals surface area (Å²) in [5.74, 6) is 0. The van der Waals surface area contributed by atoms with Gasteiger partial charge in [0.25, 0.3) is 0 Å². The van der Waals surface area contributed by atoms with Crippen molar-refractivity contribution in [1.29, 1.82) is 0 Å². The SMILES string of the molecule is c1cc(-c2cccc(-n3c4cc5ccccc5cc4c4cccnc43)c2)cc(-n2c3cc4ccccc4cc3c3cccnc32)c1. The van der Waals surface area contributed by atoms with E-state index in [2.05, 4.69) is 143 Å². The van der Waals surface area contributed by atoms with E-state index in [0.29, 0.717) is 0 Å². The van der Waals surface area contributed by atoms with Gasteiger partial charge in [-0.3, -0.25) is 9.13 Å². The normalized spacial score (nSPS) is 11.9. The molecule has 0 aliphatic carbocycles. The van der Waals surface area contributed by atoms with Gasteiger partial charge in [-0.05, 0) is 105 Å². The van der Waals surface area contributed by atoms with Crippen LogP contribution in [0, 0.1) is 0 Å². The van der Waals surface area contributed by atoms with Crippen molar-refractivity contribution in [2.24, 2.45) is 0 Å². The first kappa shape index (κ1) is 25.1. The lowest BCUT2D eigenvalue weighted by Gasteiger charge is -2.12. The molecule has 4 aromatic heterocycles. The molecule has 0 aliphatic rings. The molecule has 4 heterocycles. The topological polar surface area (TPSA) is 35.6 Å². The van der Waals surface area contributed by atoms with Gasteiger partial charge in [-0.1, -0.05) is 72.8 Å². The summed E-state index contributed by atoms with van der Waals surface area (Å²) >= 11 is 0.